The fourth-order valence-electron chi connectivity index (χ4n) is 2.98. The summed E-state index contributed by atoms with van der Waals surface area (Å²) in [5, 5.41) is 3.43. The molecule has 1 saturated carbocycles. The predicted octanol–water partition coefficient (Wildman–Crippen LogP) is 5.09. The first kappa shape index (κ1) is 17.0. The number of likely N-dealkylation sites (N-methyl/N-ethyl adjacent to an activating group) is 1. The van der Waals surface area contributed by atoms with E-state index in [9.17, 15) is 0 Å². The average molecular weight is 354 g/mol. The quantitative estimate of drug-likeness (QED) is 0.769. The van der Waals surface area contributed by atoms with E-state index in [4.69, 9.17) is 4.74 Å². The molecule has 1 aliphatic rings. The molecule has 0 bridgehead atoms. The van der Waals surface area contributed by atoms with Gasteiger partial charge in [-0.1, -0.05) is 54.9 Å². The molecule has 0 aromatic heterocycles. The molecule has 1 aromatic rings. The Morgan fingerprint density at radius 3 is 2.57 bits per heavy atom. The molecule has 0 spiro atoms. The number of rotatable bonds is 6. The van der Waals surface area contributed by atoms with Crippen LogP contribution in [-0.2, 0) is 4.74 Å². The molecule has 0 saturated heterocycles. The van der Waals surface area contributed by atoms with Gasteiger partial charge >= 0.3 is 0 Å². The van der Waals surface area contributed by atoms with Crippen molar-refractivity contribution in [2.45, 2.75) is 58.7 Å². The number of ether oxygens (including phenoxy) is 1. The van der Waals surface area contributed by atoms with Gasteiger partial charge in [-0.25, -0.2) is 0 Å². The van der Waals surface area contributed by atoms with Crippen molar-refractivity contribution in [2.75, 3.05) is 13.1 Å². The lowest BCUT2D eigenvalue weighted by Gasteiger charge is -2.36. The Hall–Kier alpha value is -0.380. The maximum atomic E-state index is 6.46. The maximum absolute atomic E-state index is 6.46. The minimum absolute atomic E-state index is 0.131. The summed E-state index contributed by atoms with van der Waals surface area (Å²) < 4.78 is 7.60. The van der Waals surface area contributed by atoms with E-state index in [-0.39, 0.29) is 6.10 Å². The zero-order valence-corrected chi connectivity index (χ0v) is 15.1. The zero-order valence-electron chi connectivity index (χ0n) is 13.5. The Bertz CT molecular complexity index is 437. The molecule has 2 nitrogen and oxygen atoms in total. The van der Waals surface area contributed by atoms with Crippen molar-refractivity contribution >= 4 is 15.9 Å². The van der Waals surface area contributed by atoms with Crippen molar-refractivity contribution in [1.82, 2.24) is 5.32 Å². The van der Waals surface area contributed by atoms with Gasteiger partial charge in [0.25, 0.3) is 0 Å². The highest BCUT2D eigenvalue weighted by Gasteiger charge is 2.29. The number of hydrogen-bond donors (Lipinski definition) is 1. The van der Waals surface area contributed by atoms with Crippen molar-refractivity contribution in [3.05, 3.63) is 34.3 Å². The average Bonchev–Trinajstić information content (AvgIpc) is 2.46. The molecule has 118 valence electrons. The van der Waals surface area contributed by atoms with Crippen LogP contribution >= 0.6 is 15.9 Å². The van der Waals surface area contributed by atoms with E-state index in [1.807, 2.05) is 0 Å². The Kier molecular flexibility index (Phi) is 6.27. The Balaban J connectivity index is 2.02. The summed E-state index contributed by atoms with van der Waals surface area (Å²) in [6.45, 7) is 8.72. The molecule has 3 heteroatoms. The third-order valence-corrected chi connectivity index (χ3v) is 5.20. The summed E-state index contributed by atoms with van der Waals surface area (Å²) in [4.78, 5) is 0. The van der Waals surface area contributed by atoms with Gasteiger partial charge in [-0.15, -0.1) is 0 Å². The van der Waals surface area contributed by atoms with Crippen LogP contribution in [-0.4, -0.2) is 19.2 Å². The molecule has 0 amide bonds. The topological polar surface area (TPSA) is 21.3 Å². The lowest BCUT2D eigenvalue weighted by Crippen LogP contribution is -2.31. The van der Waals surface area contributed by atoms with Crippen LogP contribution in [0.3, 0.4) is 0 Å². The van der Waals surface area contributed by atoms with Gasteiger partial charge in [0, 0.05) is 11.0 Å². The largest absolute Gasteiger partial charge is 0.369 e. The monoisotopic (exact) mass is 353 g/mol. The zero-order chi connectivity index (χ0) is 15.3. The molecule has 21 heavy (non-hydrogen) atoms. The molecule has 1 N–H and O–H groups in total. The molecule has 0 aliphatic heterocycles. The molecule has 0 heterocycles. The minimum Gasteiger partial charge on any atom is -0.369 e. The van der Waals surface area contributed by atoms with Crippen LogP contribution in [0.4, 0.5) is 0 Å². The summed E-state index contributed by atoms with van der Waals surface area (Å²) in [5.41, 5.74) is 1.74. The first-order valence-electron chi connectivity index (χ1n) is 8.12. The number of nitrogens with one attached hydrogen (secondary N) is 1. The Morgan fingerprint density at radius 2 is 1.95 bits per heavy atom. The highest BCUT2D eigenvalue weighted by molar-refractivity contribution is 9.10. The van der Waals surface area contributed by atoms with Gasteiger partial charge in [-0.2, -0.15) is 0 Å². The van der Waals surface area contributed by atoms with Crippen molar-refractivity contribution in [1.29, 1.82) is 0 Å². The van der Waals surface area contributed by atoms with Gasteiger partial charge in [-0.3, -0.25) is 0 Å². The molecule has 1 unspecified atom stereocenters. The first-order valence-corrected chi connectivity index (χ1v) is 8.92. The van der Waals surface area contributed by atoms with Gasteiger partial charge in [0.05, 0.1) is 12.2 Å². The summed E-state index contributed by atoms with van der Waals surface area (Å²) in [6.07, 6.45) is 5.42. The third kappa shape index (κ3) is 5.08. The SMILES string of the molecule is CCNCC(OC1CCC(C)(C)CC1)c1ccccc1Br. The highest BCUT2D eigenvalue weighted by atomic mass is 79.9. The van der Waals surface area contributed by atoms with E-state index < -0.39 is 0 Å². The second kappa shape index (κ2) is 7.75. The first-order chi connectivity index (χ1) is 10.0. The van der Waals surface area contributed by atoms with Crippen LogP contribution in [0.1, 0.15) is 58.1 Å². The van der Waals surface area contributed by atoms with E-state index in [1.165, 1.54) is 31.2 Å². The second-order valence-corrected chi connectivity index (χ2v) is 7.67. The Labute approximate surface area is 137 Å². The molecule has 1 fully saturated rings. The predicted molar refractivity (Wildman–Crippen MR) is 92.5 cm³/mol. The summed E-state index contributed by atoms with van der Waals surface area (Å²) >= 11 is 3.66. The van der Waals surface area contributed by atoms with E-state index in [1.54, 1.807) is 0 Å². The normalized spacial score (nSPS) is 20.4. The van der Waals surface area contributed by atoms with E-state index in [0.29, 0.717) is 11.5 Å². The smallest absolute Gasteiger partial charge is 0.0963 e. The van der Waals surface area contributed by atoms with Gasteiger partial charge < -0.3 is 10.1 Å². The van der Waals surface area contributed by atoms with Crippen LogP contribution in [0.2, 0.25) is 0 Å². The number of halogens is 1. The van der Waals surface area contributed by atoms with Crippen LogP contribution in [0.25, 0.3) is 0 Å². The molecule has 0 radical (unpaired) electrons. The Morgan fingerprint density at radius 1 is 1.29 bits per heavy atom. The lowest BCUT2D eigenvalue weighted by molar-refractivity contribution is -0.0461. The number of hydrogen-bond acceptors (Lipinski definition) is 2. The maximum Gasteiger partial charge on any atom is 0.0963 e. The standard InChI is InChI=1S/C18H28BrNO/c1-4-20-13-17(15-7-5-6-8-16(15)19)21-14-9-11-18(2,3)12-10-14/h5-8,14,17,20H,4,9-13H2,1-3H3. The van der Waals surface area contributed by atoms with Crippen LogP contribution in [0.5, 0.6) is 0 Å². The van der Waals surface area contributed by atoms with Crippen LogP contribution in [0, 0.1) is 5.41 Å². The fraction of sp³-hybridized carbons (Fsp3) is 0.667. The summed E-state index contributed by atoms with van der Waals surface area (Å²) in [5.74, 6) is 0. The lowest BCUT2D eigenvalue weighted by atomic mass is 9.76. The van der Waals surface area contributed by atoms with Gasteiger partial charge in [0.15, 0.2) is 0 Å². The molecule has 2 rings (SSSR count). The van der Waals surface area contributed by atoms with Crippen LogP contribution < -0.4 is 5.32 Å². The number of benzene rings is 1. The molecular weight excluding hydrogens is 326 g/mol. The van der Waals surface area contributed by atoms with E-state index in [2.05, 4.69) is 66.3 Å². The van der Waals surface area contributed by atoms with Crippen molar-refractivity contribution in [2.24, 2.45) is 5.41 Å². The summed E-state index contributed by atoms with van der Waals surface area (Å²) in [6, 6.07) is 8.41. The fourth-order valence-corrected chi connectivity index (χ4v) is 3.52. The van der Waals surface area contributed by atoms with Crippen LogP contribution in [0.15, 0.2) is 28.7 Å². The van der Waals surface area contributed by atoms with Crippen molar-refractivity contribution in [3.63, 3.8) is 0 Å². The van der Waals surface area contributed by atoms with Crippen molar-refractivity contribution in [3.8, 4) is 0 Å². The molecule has 1 atom stereocenters. The van der Waals surface area contributed by atoms with Crippen molar-refractivity contribution < 1.29 is 4.74 Å². The highest BCUT2D eigenvalue weighted by Crippen LogP contribution is 2.38. The minimum atomic E-state index is 0.131. The molecular formula is C18H28BrNO. The molecule has 1 aromatic carbocycles. The van der Waals surface area contributed by atoms with E-state index >= 15 is 0 Å². The summed E-state index contributed by atoms with van der Waals surface area (Å²) in [7, 11) is 0. The van der Waals surface area contributed by atoms with Gasteiger partial charge in [0.2, 0.25) is 0 Å². The second-order valence-electron chi connectivity index (χ2n) is 6.82. The van der Waals surface area contributed by atoms with Gasteiger partial charge in [-0.05, 0) is 49.3 Å². The third-order valence-electron chi connectivity index (χ3n) is 4.47. The molecule has 1 aliphatic carbocycles. The van der Waals surface area contributed by atoms with Gasteiger partial charge in [0.1, 0.15) is 0 Å². The van der Waals surface area contributed by atoms with E-state index in [0.717, 1.165) is 17.6 Å².